The molecule has 1 aromatic heterocycles. The third-order valence-corrected chi connectivity index (χ3v) is 4.86. The van der Waals surface area contributed by atoms with E-state index in [0.717, 1.165) is 10.9 Å². The van der Waals surface area contributed by atoms with Gasteiger partial charge in [-0.25, -0.2) is 0 Å². The monoisotopic (exact) mass is 411 g/mol. The predicted molar refractivity (Wildman–Crippen MR) is 108 cm³/mol. The molecule has 1 heterocycles. The molecule has 0 spiro atoms. The summed E-state index contributed by atoms with van der Waals surface area (Å²) in [6, 6.07) is 18.0. The highest BCUT2D eigenvalue weighted by Gasteiger charge is 2.18. The fourth-order valence-corrected chi connectivity index (χ4v) is 3.42. The number of non-ortho nitro benzene ring substituents is 1. The summed E-state index contributed by atoms with van der Waals surface area (Å²) in [6.45, 7) is 0. The number of hydrogen-bond donors (Lipinski definition) is 0. The van der Waals surface area contributed by atoms with Crippen molar-refractivity contribution in [3.8, 4) is 11.1 Å². The van der Waals surface area contributed by atoms with Gasteiger partial charge in [-0.05, 0) is 41.5 Å². The fourth-order valence-electron chi connectivity index (χ4n) is 2.93. The average molecular weight is 412 g/mol. The second-order valence-corrected chi connectivity index (χ2v) is 6.97. The number of ketones is 1. The van der Waals surface area contributed by atoms with Gasteiger partial charge in [0.15, 0.2) is 5.76 Å². The Kier molecular flexibility index (Phi) is 4.63. The molecule has 7 heteroatoms. The number of carbonyl (C=O) groups excluding carboxylic acids is 1. The van der Waals surface area contributed by atoms with Gasteiger partial charge < -0.3 is 4.42 Å². The van der Waals surface area contributed by atoms with Gasteiger partial charge in [-0.3, -0.25) is 14.9 Å². The van der Waals surface area contributed by atoms with Crippen LogP contribution in [0.25, 0.3) is 22.1 Å². The minimum absolute atomic E-state index is 0.00490. The van der Waals surface area contributed by atoms with Gasteiger partial charge in [-0.15, -0.1) is 0 Å². The molecule has 138 valence electrons. The van der Waals surface area contributed by atoms with Gasteiger partial charge in [-0.1, -0.05) is 47.5 Å². The maximum Gasteiger partial charge on any atom is 0.270 e. The molecule has 0 saturated heterocycles. The zero-order valence-corrected chi connectivity index (χ0v) is 15.7. The largest absolute Gasteiger partial charge is 0.453 e. The van der Waals surface area contributed by atoms with Gasteiger partial charge in [0, 0.05) is 28.1 Å². The van der Waals surface area contributed by atoms with Crippen molar-refractivity contribution in [1.82, 2.24) is 0 Å². The van der Waals surface area contributed by atoms with E-state index in [0.29, 0.717) is 21.7 Å². The molecule has 0 fully saturated rings. The number of halogens is 2. The summed E-state index contributed by atoms with van der Waals surface area (Å²) in [5.41, 5.74) is 2.22. The van der Waals surface area contributed by atoms with E-state index in [-0.39, 0.29) is 22.3 Å². The van der Waals surface area contributed by atoms with Crippen LogP contribution in [0.3, 0.4) is 0 Å². The lowest BCUT2D eigenvalue weighted by Crippen LogP contribution is -2.00. The first-order valence-corrected chi connectivity index (χ1v) is 8.96. The molecule has 0 N–H and O–H groups in total. The van der Waals surface area contributed by atoms with Crippen LogP contribution >= 0.6 is 23.2 Å². The molecule has 5 nitrogen and oxygen atoms in total. The second-order valence-electron chi connectivity index (χ2n) is 6.12. The van der Waals surface area contributed by atoms with E-state index in [1.54, 1.807) is 42.5 Å². The topological polar surface area (TPSA) is 73.3 Å². The highest BCUT2D eigenvalue weighted by Crippen LogP contribution is 2.30. The smallest absolute Gasteiger partial charge is 0.270 e. The Bertz CT molecular complexity index is 1250. The van der Waals surface area contributed by atoms with E-state index in [4.69, 9.17) is 27.6 Å². The van der Waals surface area contributed by atoms with Crippen molar-refractivity contribution in [3.05, 3.63) is 98.2 Å². The standard InChI is InChI=1S/C21H11Cl2NO4/c22-15-6-7-17(18(23)11-15)21(25)20-10-14-5-4-13(9-19(14)28-20)12-2-1-3-16(8-12)24(26)27/h1-11H. The first kappa shape index (κ1) is 18.2. The SMILES string of the molecule is O=C(c1cc2ccc(-c3cccc([N+](=O)[O-])c3)cc2o1)c1ccc(Cl)cc1Cl. The van der Waals surface area contributed by atoms with E-state index in [2.05, 4.69) is 0 Å². The zero-order chi connectivity index (χ0) is 19.8. The Balaban J connectivity index is 1.73. The minimum Gasteiger partial charge on any atom is -0.453 e. The number of nitrogens with zero attached hydrogens (tertiary/aromatic N) is 1. The average Bonchev–Trinajstić information content (AvgIpc) is 3.11. The number of rotatable bonds is 4. The van der Waals surface area contributed by atoms with Crippen molar-refractivity contribution in [2.45, 2.75) is 0 Å². The maximum atomic E-state index is 12.7. The van der Waals surface area contributed by atoms with Crippen molar-refractivity contribution in [1.29, 1.82) is 0 Å². The lowest BCUT2D eigenvalue weighted by molar-refractivity contribution is -0.384. The van der Waals surface area contributed by atoms with Gasteiger partial charge in [0.2, 0.25) is 5.78 Å². The predicted octanol–water partition coefficient (Wildman–Crippen LogP) is 6.55. The second kappa shape index (κ2) is 7.11. The molecule has 28 heavy (non-hydrogen) atoms. The van der Waals surface area contributed by atoms with E-state index >= 15 is 0 Å². The fraction of sp³-hybridized carbons (Fsp3) is 0. The van der Waals surface area contributed by atoms with Crippen LogP contribution in [0.5, 0.6) is 0 Å². The molecule has 0 aliphatic rings. The van der Waals surface area contributed by atoms with E-state index in [9.17, 15) is 14.9 Å². The lowest BCUT2D eigenvalue weighted by Gasteiger charge is -2.02. The van der Waals surface area contributed by atoms with Crippen LogP contribution in [-0.4, -0.2) is 10.7 Å². The summed E-state index contributed by atoms with van der Waals surface area (Å²) < 4.78 is 5.73. The summed E-state index contributed by atoms with van der Waals surface area (Å²) in [5, 5.41) is 12.4. The molecule has 0 radical (unpaired) electrons. The first-order chi connectivity index (χ1) is 13.4. The number of nitro benzene ring substituents is 1. The quantitative estimate of drug-likeness (QED) is 0.217. The lowest BCUT2D eigenvalue weighted by atomic mass is 10.0. The van der Waals surface area contributed by atoms with Crippen molar-refractivity contribution in [2.24, 2.45) is 0 Å². The number of hydrogen-bond acceptors (Lipinski definition) is 4. The molecular formula is C21H11Cl2NO4. The van der Waals surface area contributed by atoms with Crippen molar-refractivity contribution >= 4 is 45.6 Å². The number of nitro groups is 1. The number of benzene rings is 3. The normalized spacial score (nSPS) is 10.9. The molecule has 0 saturated carbocycles. The molecule has 0 unspecified atom stereocenters. The molecule has 0 bridgehead atoms. The van der Waals surface area contributed by atoms with E-state index in [1.807, 2.05) is 6.07 Å². The van der Waals surface area contributed by atoms with E-state index in [1.165, 1.54) is 18.2 Å². The molecule has 0 amide bonds. The first-order valence-electron chi connectivity index (χ1n) is 8.20. The van der Waals surface area contributed by atoms with Crippen molar-refractivity contribution < 1.29 is 14.1 Å². The van der Waals surface area contributed by atoms with Gasteiger partial charge in [0.1, 0.15) is 5.58 Å². The summed E-state index contributed by atoms with van der Waals surface area (Å²) in [4.78, 5) is 23.3. The van der Waals surface area contributed by atoms with Gasteiger partial charge in [0.05, 0.1) is 9.95 Å². The third-order valence-electron chi connectivity index (χ3n) is 4.31. The van der Waals surface area contributed by atoms with Crippen LogP contribution in [-0.2, 0) is 0 Å². The molecule has 4 aromatic rings. The van der Waals surface area contributed by atoms with Gasteiger partial charge in [0.25, 0.3) is 5.69 Å². The number of furan rings is 1. The summed E-state index contributed by atoms with van der Waals surface area (Å²) in [6.07, 6.45) is 0. The third kappa shape index (κ3) is 3.38. The van der Waals surface area contributed by atoms with Crippen LogP contribution in [0.2, 0.25) is 10.0 Å². The van der Waals surface area contributed by atoms with Crippen molar-refractivity contribution in [2.75, 3.05) is 0 Å². The highest BCUT2D eigenvalue weighted by atomic mass is 35.5. The Morgan fingerprint density at radius 1 is 0.929 bits per heavy atom. The Labute approximate surface area is 169 Å². The van der Waals surface area contributed by atoms with Gasteiger partial charge >= 0.3 is 0 Å². The van der Waals surface area contributed by atoms with Crippen LogP contribution in [0.4, 0.5) is 5.69 Å². The zero-order valence-electron chi connectivity index (χ0n) is 14.2. The summed E-state index contributed by atoms with van der Waals surface area (Å²) in [7, 11) is 0. The minimum atomic E-state index is -0.443. The molecule has 0 aliphatic heterocycles. The molecule has 0 aliphatic carbocycles. The van der Waals surface area contributed by atoms with Crippen LogP contribution in [0.1, 0.15) is 16.1 Å². The van der Waals surface area contributed by atoms with Gasteiger partial charge in [-0.2, -0.15) is 0 Å². The number of carbonyl (C=O) groups is 1. The Morgan fingerprint density at radius 2 is 1.71 bits per heavy atom. The maximum absolute atomic E-state index is 12.7. The molecule has 4 rings (SSSR count). The molecule has 3 aromatic carbocycles. The van der Waals surface area contributed by atoms with Crippen molar-refractivity contribution in [3.63, 3.8) is 0 Å². The van der Waals surface area contributed by atoms with E-state index < -0.39 is 4.92 Å². The van der Waals surface area contributed by atoms with Crippen LogP contribution in [0.15, 0.2) is 71.1 Å². The van der Waals surface area contributed by atoms with Crippen LogP contribution in [0, 0.1) is 10.1 Å². The summed E-state index contributed by atoms with van der Waals surface area (Å²) >= 11 is 12.0. The Morgan fingerprint density at radius 3 is 2.46 bits per heavy atom. The summed E-state index contributed by atoms with van der Waals surface area (Å²) in [5.74, 6) is -0.204. The Hall–Kier alpha value is -3.15. The van der Waals surface area contributed by atoms with Crippen LogP contribution < -0.4 is 0 Å². The highest BCUT2D eigenvalue weighted by molar-refractivity contribution is 6.37. The molecule has 0 atom stereocenters. The number of fused-ring (bicyclic) bond motifs is 1. The molecular weight excluding hydrogens is 401 g/mol.